The van der Waals surface area contributed by atoms with Crippen LogP contribution in [0.25, 0.3) is 10.9 Å². The highest BCUT2D eigenvalue weighted by Gasteiger charge is 2.23. The molecule has 0 bridgehead atoms. The van der Waals surface area contributed by atoms with E-state index in [0.717, 1.165) is 16.5 Å². The highest BCUT2D eigenvalue weighted by molar-refractivity contribution is 6.01. The first kappa shape index (κ1) is 17.5. The molecule has 2 aromatic carbocycles. The average Bonchev–Trinajstić information content (AvgIpc) is 3.38. The number of H-pyrrole nitrogens is 1. The Labute approximate surface area is 160 Å². The van der Waals surface area contributed by atoms with E-state index in [0.29, 0.717) is 17.7 Å². The number of nitrogens with zero attached hydrogens (tertiary/aromatic N) is 1. The number of carbonyl (C=O) groups is 2. The van der Waals surface area contributed by atoms with Crippen molar-refractivity contribution in [3.63, 3.8) is 0 Å². The summed E-state index contributed by atoms with van der Waals surface area (Å²) in [6.07, 6.45) is 4.93. The van der Waals surface area contributed by atoms with Crippen molar-refractivity contribution in [3.8, 4) is 0 Å². The SMILES string of the molecule is O=C(N[C@@H](Cc1c[nH]c2ccccc12)C(=O)Nc1cnoc1)c1ccccc1. The van der Waals surface area contributed by atoms with Crippen LogP contribution in [0.2, 0.25) is 0 Å². The fraction of sp³-hybridized carbons (Fsp3) is 0.0952. The largest absolute Gasteiger partial charge is 0.363 e. The zero-order valence-corrected chi connectivity index (χ0v) is 14.9. The predicted molar refractivity (Wildman–Crippen MR) is 105 cm³/mol. The summed E-state index contributed by atoms with van der Waals surface area (Å²) in [5.41, 5.74) is 2.84. The number of fused-ring (bicyclic) bond motifs is 1. The van der Waals surface area contributed by atoms with Gasteiger partial charge in [0.15, 0.2) is 0 Å². The molecule has 0 unspecified atom stereocenters. The van der Waals surface area contributed by atoms with E-state index in [4.69, 9.17) is 4.52 Å². The zero-order chi connectivity index (χ0) is 19.3. The summed E-state index contributed by atoms with van der Waals surface area (Å²) in [5.74, 6) is -0.663. The summed E-state index contributed by atoms with van der Waals surface area (Å²) in [7, 11) is 0. The third kappa shape index (κ3) is 3.78. The number of aromatic nitrogens is 2. The van der Waals surface area contributed by atoms with Crippen LogP contribution in [-0.2, 0) is 11.2 Å². The van der Waals surface area contributed by atoms with Gasteiger partial charge in [-0.05, 0) is 23.8 Å². The molecule has 0 spiro atoms. The standard InChI is InChI=1S/C21H18N4O3/c26-20(14-6-2-1-3-7-14)25-19(21(27)24-16-12-23-28-13-16)10-15-11-22-18-9-5-4-8-17(15)18/h1-9,11-13,19,22H,10H2,(H,24,27)(H,25,26)/t19-/m0/s1. The number of hydrogen-bond acceptors (Lipinski definition) is 4. The second-order valence-corrected chi connectivity index (χ2v) is 6.36. The second kappa shape index (κ2) is 7.79. The normalized spacial score (nSPS) is 11.9. The molecule has 2 amide bonds. The number of benzene rings is 2. The van der Waals surface area contributed by atoms with E-state index in [1.807, 2.05) is 36.5 Å². The minimum atomic E-state index is -0.776. The quantitative estimate of drug-likeness (QED) is 0.483. The third-order valence-corrected chi connectivity index (χ3v) is 4.46. The molecule has 0 saturated carbocycles. The summed E-state index contributed by atoms with van der Waals surface area (Å²) < 4.78 is 4.75. The Hall–Kier alpha value is -3.87. The van der Waals surface area contributed by atoms with Gasteiger partial charge in [0.05, 0.1) is 6.20 Å². The maximum atomic E-state index is 12.8. The Morgan fingerprint density at radius 3 is 2.64 bits per heavy atom. The second-order valence-electron chi connectivity index (χ2n) is 6.36. The van der Waals surface area contributed by atoms with Crippen molar-refractivity contribution in [1.29, 1.82) is 0 Å². The molecule has 0 aliphatic rings. The molecule has 0 saturated heterocycles. The first-order valence-corrected chi connectivity index (χ1v) is 8.82. The topological polar surface area (TPSA) is 100 Å². The molecule has 0 aliphatic carbocycles. The number of amides is 2. The van der Waals surface area contributed by atoms with E-state index >= 15 is 0 Å². The number of nitrogens with one attached hydrogen (secondary N) is 3. The number of para-hydroxylation sites is 1. The highest BCUT2D eigenvalue weighted by Crippen LogP contribution is 2.20. The van der Waals surface area contributed by atoms with Gasteiger partial charge < -0.3 is 20.1 Å². The van der Waals surface area contributed by atoms with Crippen LogP contribution in [0.5, 0.6) is 0 Å². The summed E-state index contributed by atoms with van der Waals surface area (Å²) in [5, 5.41) is 10.1. The van der Waals surface area contributed by atoms with Gasteiger partial charge in [0.2, 0.25) is 5.91 Å². The van der Waals surface area contributed by atoms with Crippen LogP contribution in [0.4, 0.5) is 5.69 Å². The Morgan fingerprint density at radius 2 is 1.86 bits per heavy atom. The van der Waals surface area contributed by atoms with Gasteiger partial charge in [-0.1, -0.05) is 41.6 Å². The van der Waals surface area contributed by atoms with Crippen LogP contribution in [0.3, 0.4) is 0 Å². The van der Waals surface area contributed by atoms with Gasteiger partial charge in [-0.2, -0.15) is 0 Å². The zero-order valence-electron chi connectivity index (χ0n) is 14.9. The van der Waals surface area contributed by atoms with Crippen LogP contribution in [0.1, 0.15) is 15.9 Å². The molecule has 2 aromatic heterocycles. The molecule has 140 valence electrons. The summed E-state index contributed by atoms with van der Waals surface area (Å²) in [6.45, 7) is 0. The summed E-state index contributed by atoms with van der Waals surface area (Å²) >= 11 is 0. The monoisotopic (exact) mass is 374 g/mol. The van der Waals surface area contributed by atoms with Crippen LogP contribution < -0.4 is 10.6 Å². The van der Waals surface area contributed by atoms with E-state index in [1.54, 1.807) is 24.3 Å². The minimum absolute atomic E-state index is 0.314. The Kier molecular flexibility index (Phi) is 4.88. The van der Waals surface area contributed by atoms with E-state index < -0.39 is 6.04 Å². The van der Waals surface area contributed by atoms with E-state index in [-0.39, 0.29) is 11.8 Å². The molecular weight excluding hydrogens is 356 g/mol. The van der Waals surface area contributed by atoms with Crippen molar-refractivity contribution in [2.45, 2.75) is 12.5 Å². The maximum Gasteiger partial charge on any atom is 0.251 e. The number of hydrogen-bond donors (Lipinski definition) is 3. The lowest BCUT2D eigenvalue weighted by molar-refractivity contribution is -0.118. The van der Waals surface area contributed by atoms with Gasteiger partial charge in [0.25, 0.3) is 5.91 Å². The van der Waals surface area contributed by atoms with Gasteiger partial charge >= 0.3 is 0 Å². The predicted octanol–water partition coefficient (Wildman–Crippen LogP) is 3.14. The lowest BCUT2D eigenvalue weighted by atomic mass is 10.0. The summed E-state index contributed by atoms with van der Waals surface area (Å²) in [4.78, 5) is 28.7. The van der Waals surface area contributed by atoms with Crippen molar-refractivity contribution in [2.75, 3.05) is 5.32 Å². The molecule has 7 nitrogen and oxygen atoms in total. The highest BCUT2D eigenvalue weighted by atomic mass is 16.5. The van der Waals surface area contributed by atoms with Crippen LogP contribution in [0.15, 0.2) is 77.8 Å². The van der Waals surface area contributed by atoms with Gasteiger partial charge in [0, 0.05) is 29.1 Å². The molecule has 3 N–H and O–H groups in total. The van der Waals surface area contributed by atoms with Crippen LogP contribution in [0, 0.1) is 0 Å². The van der Waals surface area contributed by atoms with Crippen molar-refractivity contribution >= 4 is 28.4 Å². The first-order chi connectivity index (χ1) is 13.7. The average molecular weight is 374 g/mol. The van der Waals surface area contributed by atoms with Crippen LogP contribution in [-0.4, -0.2) is 28.0 Å². The van der Waals surface area contributed by atoms with Crippen molar-refractivity contribution < 1.29 is 14.1 Å². The Morgan fingerprint density at radius 1 is 1.07 bits per heavy atom. The molecule has 0 aliphatic heterocycles. The number of aromatic amines is 1. The molecule has 0 fully saturated rings. The number of rotatable bonds is 6. The van der Waals surface area contributed by atoms with Crippen molar-refractivity contribution in [3.05, 3.63) is 84.4 Å². The maximum absolute atomic E-state index is 12.8. The first-order valence-electron chi connectivity index (χ1n) is 8.82. The van der Waals surface area contributed by atoms with Gasteiger partial charge in [-0.25, -0.2) is 0 Å². The molecule has 7 heteroatoms. The van der Waals surface area contributed by atoms with E-state index in [1.165, 1.54) is 12.5 Å². The fourth-order valence-corrected chi connectivity index (χ4v) is 3.06. The molecule has 1 atom stereocenters. The van der Waals surface area contributed by atoms with Crippen molar-refractivity contribution in [2.24, 2.45) is 0 Å². The Bertz CT molecular complexity index is 1090. The van der Waals surface area contributed by atoms with Gasteiger partial charge in [0.1, 0.15) is 18.0 Å². The number of anilines is 1. The van der Waals surface area contributed by atoms with E-state index in [2.05, 4.69) is 20.8 Å². The smallest absolute Gasteiger partial charge is 0.251 e. The molecule has 28 heavy (non-hydrogen) atoms. The third-order valence-electron chi connectivity index (χ3n) is 4.46. The van der Waals surface area contributed by atoms with Crippen molar-refractivity contribution in [1.82, 2.24) is 15.5 Å². The van der Waals surface area contributed by atoms with Crippen LogP contribution >= 0.6 is 0 Å². The molecule has 2 heterocycles. The molecular formula is C21H18N4O3. The lowest BCUT2D eigenvalue weighted by Crippen LogP contribution is -2.45. The molecule has 4 rings (SSSR count). The van der Waals surface area contributed by atoms with E-state index in [9.17, 15) is 9.59 Å². The lowest BCUT2D eigenvalue weighted by Gasteiger charge is -2.18. The summed E-state index contributed by atoms with van der Waals surface area (Å²) in [6, 6.07) is 15.8. The van der Waals surface area contributed by atoms with Gasteiger partial charge in [-0.15, -0.1) is 0 Å². The Balaban J connectivity index is 1.58. The molecule has 0 radical (unpaired) electrons. The minimum Gasteiger partial charge on any atom is -0.363 e. The van der Waals surface area contributed by atoms with Gasteiger partial charge in [-0.3, -0.25) is 9.59 Å². The fourth-order valence-electron chi connectivity index (χ4n) is 3.06. The number of carbonyl (C=O) groups excluding carboxylic acids is 2. The molecule has 4 aromatic rings.